The fraction of sp³-hybridized carbons (Fsp3) is 0.200. The van der Waals surface area contributed by atoms with Gasteiger partial charge in [0, 0.05) is 24.0 Å². The first kappa shape index (κ1) is 20.2. The summed E-state index contributed by atoms with van der Waals surface area (Å²) < 4.78 is 52.3. The maximum absolute atomic E-state index is 13.5. The lowest BCUT2D eigenvalue weighted by Gasteiger charge is -2.17. The Labute approximate surface area is 164 Å². The van der Waals surface area contributed by atoms with E-state index in [9.17, 15) is 18.0 Å². The third-order valence-electron chi connectivity index (χ3n) is 4.26. The summed E-state index contributed by atoms with van der Waals surface area (Å²) in [6.07, 6.45) is 1.42. The quantitative estimate of drug-likeness (QED) is 0.633. The molecule has 3 rings (SSSR count). The van der Waals surface area contributed by atoms with Crippen LogP contribution in [0.1, 0.15) is 11.1 Å². The van der Waals surface area contributed by atoms with E-state index in [4.69, 9.17) is 9.47 Å². The molecule has 152 valence electrons. The number of halogens is 3. The van der Waals surface area contributed by atoms with Crippen LogP contribution in [0.3, 0.4) is 0 Å². The van der Waals surface area contributed by atoms with E-state index >= 15 is 0 Å². The van der Waals surface area contributed by atoms with E-state index < -0.39 is 23.0 Å². The Balaban J connectivity index is 1.99. The van der Waals surface area contributed by atoms with Crippen LogP contribution in [0.25, 0.3) is 0 Å². The number of aryl methyl sites for hydroxylation is 1. The fourth-order valence-corrected chi connectivity index (χ4v) is 2.79. The first-order chi connectivity index (χ1) is 13.8. The van der Waals surface area contributed by atoms with Gasteiger partial charge in [0.2, 0.25) is 5.95 Å². The lowest BCUT2D eigenvalue weighted by Crippen LogP contribution is -2.16. The Morgan fingerprint density at radius 3 is 2.28 bits per heavy atom. The molecule has 0 saturated heterocycles. The Morgan fingerprint density at radius 2 is 1.66 bits per heavy atom. The molecule has 0 atom stereocenters. The normalized spacial score (nSPS) is 10.7. The first-order valence-electron chi connectivity index (χ1n) is 8.53. The van der Waals surface area contributed by atoms with E-state index in [0.717, 1.165) is 17.7 Å². The summed E-state index contributed by atoms with van der Waals surface area (Å²) in [7, 11) is 3.01. The summed E-state index contributed by atoms with van der Waals surface area (Å²) in [6.45, 7) is 1.77. The molecule has 3 aromatic rings. The minimum absolute atomic E-state index is 0.0456. The van der Waals surface area contributed by atoms with Crippen LogP contribution >= 0.6 is 0 Å². The van der Waals surface area contributed by atoms with E-state index in [2.05, 4.69) is 10.3 Å². The minimum Gasteiger partial charge on any atom is -0.493 e. The highest BCUT2D eigenvalue weighted by molar-refractivity contribution is 5.64. The second-order valence-electron chi connectivity index (χ2n) is 6.24. The summed E-state index contributed by atoms with van der Waals surface area (Å²) in [6, 6.07) is 6.42. The van der Waals surface area contributed by atoms with Crippen LogP contribution in [0.15, 0.2) is 41.3 Å². The monoisotopic (exact) mass is 405 g/mol. The summed E-state index contributed by atoms with van der Waals surface area (Å²) in [5.41, 5.74) is 1.04. The van der Waals surface area contributed by atoms with Gasteiger partial charge >= 0.3 is 0 Å². The highest BCUT2D eigenvalue weighted by Crippen LogP contribution is 2.34. The maximum Gasteiger partial charge on any atom is 0.274 e. The van der Waals surface area contributed by atoms with Crippen molar-refractivity contribution >= 4 is 11.6 Å². The second-order valence-corrected chi connectivity index (χ2v) is 6.24. The van der Waals surface area contributed by atoms with E-state index in [-0.39, 0.29) is 18.1 Å². The van der Waals surface area contributed by atoms with Crippen LogP contribution in [0.4, 0.5) is 24.8 Å². The van der Waals surface area contributed by atoms with Crippen LogP contribution in [-0.2, 0) is 6.54 Å². The van der Waals surface area contributed by atoms with Gasteiger partial charge in [-0.2, -0.15) is 4.98 Å². The van der Waals surface area contributed by atoms with Crippen LogP contribution in [0, 0.1) is 24.4 Å². The van der Waals surface area contributed by atoms with Crippen molar-refractivity contribution < 1.29 is 22.6 Å². The number of aromatic nitrogens is 2. The number of methoxy groups -OCH3 is 2. The van der Waals surface area contributed by atoms with Gasteiger partial charge < -0.3 is 19.4 Å². The van der Waals surface area contributed by atoms with E-state index in [1.807, 2.05) is 6.92 Å². The van der Waals surface area contributed by atoms with Crippen molar-refractivity contribution in [3.8, 4) is 11.5 Å². The standard InChI is InChI=1S/C20H18F3N3O3/c1-11-6-16(28-2)17(29-3)9-15(11)24-20-25-18(27)4-5-26(20)10-12-7-13(21)19(23)14(22)8-12/h4-9H,10H2,1-3H3,(H,24,25,27). The van der Waals surface area contributed by atoms with Gasteiger partial charge in [0.05, 0.1) is 20.8 Å². The molecule has 0 radical (unpaired) electrons. The molecule has 1 heterocycles. The van der Waals surface area contributed by atoms with Crippen molar-refractivity contribution in [1.82, 2.24) is 9.55 Å². The maximum atomic E-state index is 13.5. The van der Waals surface area contributed by atoms with Crippen LogP contribution in [0.5, 0.6) is 11.5 Å². The number of hydrogen-bond donors (Lipinski definition) is 1. The third-order valence-corrected chi connectivity index (χ3v) is 4.26. The Bertz CT molecular complexity index is 1090. The van der Waals surface area contributed by atoms with E-state index in [1.165, 1.54) is 31.0 Å². The first-order valence-corrected chi connectivity index (χ1v) is 8.53. The van der Waals surface area contributed by atoms with Crippen molar-refractivity contribution in [3.63, 3.8) is 0 Å². The van der Waals surface area contributed by atoms with Gasteiger partial charge in [-0.05, 0) is 36.2 Å². The smallest absolute Gasteiger partial charge is 0.274 e. The minimum atomic E-state index is -1.54. The largest absolute Gasteiger partial charge is 0.493 e. The average Bonchev–Trinajstić information content (AvgIpc) is 2.69. The van der Waals surface area contributed by atoms with Gasteiger partial charge in [0.25, 0.3) is 5.56 Å². The van der Waals surface area contributed by atoms with Gasteiger partial charge in [-0.25, -0.2) is 13.2 Å². The molecule has 0 aliphatic heterocycles. The SMILES string of the molecule is COc1cc(C)c(Nc2nc(=O)ccn2Cc2cc(F)c(F)c(F)c2)cc1OC. The molecule has 29 heavy (non-hydrogen) atoms. The van der Waals surface area contributed by atoms with Crippen molar-refractivity contribution in [2.75, 3.05) is 19.5 Å². The Hall–Kier alpha value is -3.49. The van der Waals surface area contributed by atoms with Gasteiger partial charge in [-0.3, -0.25) is 4.79 Å². The molecule has 2 aromatic carbocycles. The molecule has 0 saturated carbocycles. The summed E-state index contributed by atoms with van der Waals surface area (Å²) in [5.74, 6) is -2.98. The van der Waals surface area contributed by atoms with Gasteiger partial charge in [0.15, 0.2) is 29.0 Å². The summed E-state index contributed by atoms with van der Waals surface area (Å²) in [4.78, 5) is 15.7. The number of benzene rings is 2. The summed E-state index contributed by atoms with van der Waals surface area (Å²) >= 11 is 0. The molecule has 0 amide bonds. The fourth-order valence-electron chi connectivity index (χ4n) is 2.79. The molecule has 0 unspecified atom stereocenters. The van der Waals surface area contributed by atoms with Crippen molar-refractivity contribution in [1.29, 1.82) is 0 Å². The molecular formula is C20H18F3N3O3. The van der Waals surface area contributed by atoms with Gasteiger partial charge in [0.1, 0.15) is 0 Å². The van der Waals surface area contributed by atoms with E-state index in [1.54, 1.807) is 12.1 Å². The number of hydrogen-bond acceptors (Lipinski definition) is 5. The van der Waals surface area contributed by atoms with Crippen LogP contribution < -0.4 is 20.3 Å². The van der Waals surface area contributed by atoms with Crippen molar-refractivity contribution in [2.45, 2.75) is 13.5 Å². The second kappa shape index (κ2) is 8.26. The number of anilines is 2. The zero-order valence-electron chi connectivity index (χ0n) is 15.9. The molecule has 9 heteroatoms. The molecule has 6 nitrogen and oxygen atoms in total. The van der Waals surface area contributed by atoms with Gasteiger partial charge in [-0.1, -0.05) is 0 Å². The van der Waals surface area contributed by atoms with Crippen molar-refractivity contribution in [3.05, 3.63) is 75.5 Å². The number of ether oxygens (including phenoxy) is 2. The molecule has 1 N–H and O–H groups in total. The molecule has 0 fully saturated rings. The topological polar surface area (TPSA) is 65.4 Å². The predicted octanol–water partition coefficient (Wildman–Crippen LogP) is 3.78. The zero-order chi connectivity index (χ0) is 21.1. The van der Waals surface area contributed by atoms with E-state index in [0.29, 0.717) is 17.2 Å². The average molecular weight is 405 g/mol. The highest BCUT2D eigenvalue weighted by atomic mass is 19.2. The molecule has 1 aromatic heterocycles. The number of nitrogens with one attached hydrogen (secondary N) is 1. The lowest BCUT2D eigenvalue weighted by molar-refractivity contribution is 0.355. The molecule has 0 aliphatic carbocycles. The van der Waals surface area contributed by atoms with Crippen LogP contribution in [0.2, 0.25) is 0 Å². The lowest BCUT2D eigenvalue weighted by atomic mass is 10.1. The molecule has 0 spiro atoms. The summed E-state index contributed by atoms with van der Waals surface area (Å²) in [5, 5.41) is 3.02. The zero-order valence-corrected chi connectivity index (χ0v) is 15.9. The predicted molar refractivity (Wildman–Crippen MR) is 101 cm³/mol. The Morgan fingerprint density at radius 1 is 1.03 bits per heavy atom. The number of rotatable bonds is 6. The van der Waals surface area contributed by atoms with Crippen molar-refractivity contribution in [2.24, 2.45) is 0 Å². The Kier molecular flexibility index (Phi) is 5.76. The highest BCUT2D eigenvalue weighted by Gasteiger charge is 2.14. The third kappa shape index (κ3) is 4.34. The number of nitrogens with zero attached hydrogens (tertiary/aromatic N) is 2. The van der Waals surface area contributed by atoms with Gasteiger partial charge in [-0.15, -0.1) is 0 Å². The molecular weight excluding hydrogens is 387 g/mol. The molecule has 0 bridgehead atoms. The molecule has 0 aliphatic rings. The van der Waals surface area contributed by atoms with Crippen LogP contribution in [-0.4, -0.2) is 23.8 Å².